The highest BCUT2D eigenvalue weighted by molar-refractivity contribution is 6.31. The lowest BCUT2D eigenvalue weighted by Gasteiger charge is -2.39. The topological polar surface area (TPSA) is 58.8 Å². The summed E-state index contributed by atoms with van der Waals surface area (Å²) in [7, 11) is 1.78. The smallest absolute Gasteiger partial charge is 0.191 e. The SMILES string of the molecule is CN=C(NCC1(c2ccccc2Cl)CCOCC1)NC(C)c1ccc(C)o1. The number of aryl methyl sites for hydroxylation is 1. The molecule has 0 radical (unpaired) electrons. The molecular weight excluding hydrogens is 362 g/mol. The third kappa shape index (κ3) is 4.66. The van der Waals surface area contributed by atoms with Crippen LogP contribution in [0.15, 0.2) is 45.8 Å². The van der Waals surface area contributed by atoms with Crippen molar-refractivity contribution in [1.82, 2.24) is 10.6 Å². The second kappa shape index (κ2) is 8.81. The fourth-order valence-electron chi connectivity index (χ4n) is 3.60. The number of ether oxygens (including phenoxy) is 1. The number of guanidine groups is 1. The maximum absolute atomic E-state index is 6.54. The van der Waals surface area contributed by atoms with Gasteiger partial charge in [-0.05, 0) is 50.5 Å². The number of furan rings is 1. The van der Waals surface area contributed by atoms with Crippen LogP contribution in [0.3, 0.4) is 0 Å². The first kappa shape index (κ1) is 19.8. The molecule has 3 rings (SSSR count). The largest absolute Gasteiger partial charge is 0.464 e. The van der Waals surface area contributed by atoms with Gasteiger partial charge >= 0.3 is 0 Å². The number of hydrogen-bond acceptors (Lipinski definition) is 3. The third-order valence-corrected chi connectivity index (χ3v) is 5.58. The summed E-state index contributed by atoms with van der Waals surface area (Å²) in [6.07, 6.45) is 1.85. The molecule has 1 aliphatic heterocycles. The summed E-state index contributed by atoms with van der Waals surface area (Å²) in [5, 5.41) is 7.71. The minimum Gasteiger partial charge on any atom is -0.464 e. The molecule has 2 aromatic rings. The molecular formula is C21H28ClN3O2. The van der Waals surface area contributed by atoms with E-state index in [2.05, 4.69) is 28.6 Å². The Labute approximate surface area is 166 Å². The Bertz CT molecular complexity index is 781. The van der Waals surface area contributed by atoms with E-state index in [0.717, 1.165) is 55.1 Å². The van der Waals surface area contributed by atoms with E-state index in [-0.39, 0.29) is 11.5 Å². The van der Waals surface area contributed by atoms with Crippen LogP contribution in [0.4, 0.5) is 0 Å². The van der Waals surface area contributed by atoms with Crippen LogP contribution in [0, 0.1) is 6.92 Å². The van der Waals surface area contributed by atoms with Gasteiger partial charge in [-0.25, -0.2) is 0 Å². The Morgan fingerprint density at radius 2 is 1.96 bits per heavy atom. The number of benzene rings is 1. The zero-order valence-electron chi connectivity index (χ0n) is 16.2. The fourth-order valence-corrected chi connectivity index (χ4v) is 3.94. The number of nitrogens with zero attached hydrogens (tertiary/aromatic N) is 1. The molecule has 2 N–H and O–H groups in total. The van der Waals surface area contributed by atoms with E-state index in [1.54, 1.807) is 7.05 Å². The number of rotatable bonds is 5. The summed E-state index contributed by atoms with van der Waals surface area (Å²) in [5.74, 6) is 2.54. The lowest BCUT2D eigenvalue weighted by atomic mass is 9.74. The Morgan fingerprint density at radius 3 is 2.59 bits per heavy atom. The van der Waals surface area contributed by atoms with Crippen molar-refractivity contribution in [3.8, 4) is 0 Å². The van der Waals surface area contributed by atoms with E-state index in [4.69, 9.17) is 20.8 Å². The molecule has 0 bridgehead atoms. The molecule has 1 atom stereocenters. The Balaban J connectivity index is 1.71. The van der Waals surface area contributed by atoms with Crippen molar-refractivity contribution in [3.63, 3.8) is 0 Å². The van der Waals surface area contributed by atoms with E-state index in [9.17, 15) is 0 Å². The summed E-state index contributed by atoms with van der Waals surface area (Å²) in [6, 6.07) is 12.1. The predicted octanol–water partition coefficient (Wildman–Crippen LogP) is 4.22. The lowest BCUT2D eigenvalue weighted by molar-refractivity contribution is 0.0514. The quantitative estimate of drug-likeness (QED) is 0.594. The molecule has 146 valence electrons. The van der Waals surface area contributed by atoms with Gasteiger partial charge in [-0.1, -0.05) is 29.8 Å². The molecule has 0 spiro atoms. The van der Waals surface area contributed by atoms with Crippen LogP contribution in [-0.4, -0.2) is 32.8 Å². The first-order valence-corrected chi connectivity index (χ1v) is 9.78. The van der Waals surface area contributed by atoms with E-state index >= 15 is 0 Å². The van der Waals surface area contributed by atoms with Crippen LogP contribution >= 0.6 is 11.6 Å². The van der Waals surface area contributed by atoms with Crippen molar-refractivity contribution in [2.75, 3.05) is 26.8 Å². The predicted molar refractivity (Wildman–Crippen MR) is 110 cm³/mol. The fraction of sp³-hybridized carbons (Fsp3) is 0.476. The average Bonchev–Trinajstić information content (AvgIpc) is 3.12. The summed E-state index contributed by atoms with van der Waals surface area (Å²) >= 11 is 6.54. The highest BCUT2D eigenvalue weighted by Crippen LogP contribution is 2.38. The van der Waals surface area contributed by atoms with Gasteiger partial charge in [-0.15, -0.1) is 0 Å². The molecule has 1 aliphatic rings. The van der Waals surface area contributed by atoms with E-state index in [1.807, 2.05) is 37.3 Å². The third-order valence-electron chi connectivity index (χ3n) is 5.25. The molecule has 0 saturated carbocycles. The van der Waals surface area contributed by atoms with E-state index in [1.165, 1.54) is 5.56 Å². The maximum Gasteiger partial charge on any atom is 0.191 e. The van der Waals surface area contributed by atoms with Crippen LogP contribution in [-0.2, 0) is 10.2 Å². The first-order chi connectivity index (χ1) is 13.0. The van der Waals surface area contributed by atoms with Gasteiger partial charge in [0, 0.05) is 37.2 Å². The normalized spacial score (nSPS) is 18.1. The summed E-state index contributed by atoms with van der Waals surface area (Å²) in [6.45, 7) is 6.22. The van der Waals surface area contributed by atoms with Crippen LogP contribution < -0.4 is 10.6 Å². The monoisotopic (exact) mass is 389 g/mol. The molecule has 0 aliphatic carbocycles. The molecule has 1 aromatic carbocycles. The zero-order chi connectivity index (χ0) is 19.3. The standard InChI is InChI=1S/C21H28ClN3O2/c1-15-8-9-19(27-15)16(2)25-20(23-3)24-14-21(10-12-26-13-11-21)17-6-4-5-7-18(17)22/h4-9,16H,10-14H2,1-3H3,(H2,23,24,25). The van der Waals surface area contributed by atoms with Crippen LogP contribution in [0.5, 0.6) is 0 Å². The van der Waals surface area contributed by atoms with Gasteiger partial charge in [0.15, 0.2) is 5.96 Å². The molecule has 1 fully saturated rings. The first-order valence-electron chi connectivity index (χ1n) is 9.40. The minimum atomic E-state index is -0.0707. The van der Waals surface area contributed by atoms with Gasteiger partial charge in [-0.2, -0.15) is 0 Å². The average molecular weight is 390 g/mol. The number of aliphatic imine (C=N–C) groups is 1. The molecule has 2 heterocycles. The zero-order valence-corrected chi connectivity index (χ0v) is 17.0. The summed E-state index contributed by atoms with van der Waals surface area (Å²) < 4.78 is 11.3. The molecule has 27 heavy (non-hydrogen) atoms. The molecule has 6 heteroatoms. The van der Waals surface area contributed by atoms with Crippen molar-refractivity contribution in [3.05, 3.63) is 58.5 Å². The van der Waals surface area contributed by atoms with Crippen molar-refractivity contribution in [2.45, 2.75) is 38.1 Å². The second-order valence-corrected chi connectivity index (χ2v) is 7.52. The van der Waals surface area contributed by atoms with Gasteiger partial charge in [0.25, 0.3) is 0 Å². The van der Waals surface area contributed by atoms with Gasteiger partial charge in [0.05, 0.1) is 6.04 Å². The van der Waals surface area contributed by atoms with Crippen LogP contribution in [0.1, 0.15) is 42.9 Å². The van der Waals surface area contributed by atoms with Crippen molar-refractivity contribution < 1.29 is 9.15 Å². The van der Waals surface area contributed by atoms with Gasteiger partial charge in [-0.3, -0.25) is 4.99 Å². The van der Waals surface area contributed by atoms with Crippen LogP contribution in [0.25, 0.3) is 0 Å². The molecule has 1 aromatic heterocycles. The number of nitrogens with one attached hydrogen (secondary N) is 2. The van der Waals surface area contributed by atoms with Gasteiger partial charge in [0.1, 0.15) is 11.5 Å². The highest BCUT2D eigenvalue weighted by Gasteiger charge is 2.36. The number of hydrogen-bond donors (Lipinski definition) is 2. The summed E-state index contributed by atoms with van der Waals surface area (Å²) in [5.41, 5.74) is 1.10. The van der Waals surface area contributed by atoms with Crippen molar-refractivity contribution >= 4 is 17.6 Å². The highest BCUT2D eigenvalue weighted by atomic mass is 35.5. The van der Waals surface area contributed by atoms with Crippen LogP contribution in [0.2, 0.25) is 5.02 Å². The summed E-state index contributed by atoms with van der Waals surface area (Å²) in [4.78, 5) is 4.38. The van der Waals surface area contributed by atoms with Gasteiger partial charge in [0.2, 0.25) is 0 Å². The van der Waals surface area contributed by atoms with E-state index in [0.29, 0.717) is 0 Å². The number of halogens is 1. The van der Waals surface area contributed by atoms with Gasteiger partial charge < -0.3 is 19.8 Å². The minimum absolute atomic E-state index is 0.0239. The maximum atomic E-state index is 6.54. The van der Waals surface area contributed by atoms with E-state index < -0.39 is 0 Å². The lowest BCUT2D eigenvalue weighted by Crippen LogP contribution is -2.48. The Morgan fingerprint density at radius 1 is 1.22 bits per heavy atom. The molecule has 1 saturated heterocycles. The molecule has 5 nitrogen and oxygen atoms in total. The second-order valence-electron chi connectivity index (χ2n) is 7.11. The van der Waals surface area contributed by atoms with Crippen molar-refractivity contribution in [1.29, 1.82) is 0 Å². The Kier molecular flexibility index (Phi) is 6.45. The molecule has 0 amide bonds. The molecule has 1 unspecified atom stereocenters. The Hall–Kier alpha value is -1.98. The van der Waals surface area contributed by atoms with Crippen molar-refractivity contribution in [2.24, 2.45) is 4.99 Å².